The van der Waals surface area contributed by atoms with E-state index >= 15 is 0 Å². The lowest BCUT2D eigenvalue weighted by Gasteiger charge is -2.17. The van der Waals surface area contributed by atoms with Crippen LogP contribution in [0.5, 0.6) is 0 Å². The van der Waals surface area contributed by atoms with Gasteiger partial charge >= 0.3 is 5.97 Å². The molecule has 4 atom stereocenters. The van der Waals surface area contributed by atoms with Crippen LogP contribution in [0.1, 0.15) is 44.3 Å². The Balaban J connectivity index is 1.57. The molecule has 2 fully saturated rings. The van der Waals surface area contributed by atoms with Gasteiger partial charge in [-0.15, -0.1) is 0 Å². The highest BCUT2D eigenvalue weighted by molar-refractivity contribution is 5.76. The van der Waals surface area contributed by atoms with Gasteiger partial charge in [0.2, 0.25) is 0 Å². The molecule has 2 aliphatic rings. The van der Waals surface area contributed by atoms with Crippen LogP contribution in [0.3, 0.4) is 0 Å². The largest absolute Gasteiger partial charge is 0.457 e. The molecule has 1 aromatic carbocycles. The fourth-order valence-electron chi connectivity index (χ4n) is 3.38. The van der Waals surface area contributed by atoms with E-state index in [9.17, 15) is 4.79 Å². The molecule has 1 saturated carbocycles. The number of nitrogens with one attached hydrogen (secondary N) is 1. The van der Waals surface area contributed by atoms with Crippen molar-refractivity contribution in [3.63, 3.8) is 0 Å². The average molecular weight is 259 g/mol. The summed E-state index contributed by atoms with van der Waals surface area (Å²) in [6.07, 6.45) is 4.55. The van der Waals surface area contributed by atoms with E-state index in [0.717, 1.165) is 12.0 Å². The second-order valence-electron chi connectivity index (χ2n) is 5.74. The van der Waals surface area contributed by atoms with Crippen LogP contribution in [0, 0.1) is 5.92 Å². The van der Waals surface area contributed by atoms with Crippen molar-refractivity contribution in [1.29, 1.82) is 0 Å². The van der Waals surface area contributed by atoms with Gasteiger partial charge < -0.3 is 10.1 Å². The van der Waals surface area contributed by atoms with Crippen LogP contribution < -0.4 is 5.32 Å². The third-order valence-corrected chi connectivity index (χ3v) is 4.46. The van der Waals surface area contributed by atoms with Crippen molar-refractivity contribution in [1.82, 2.24) is 5.32 Å². The molecule has 102 valence electrons. The summed E-state index contributed by atoms with van der Waals surface area (Å²) >= 11 is 0. The normalized spacial score (nSPS) is 30.9. The number of rotatable bonds is 3. The third-order valence-electron chi connectivity index (χ3n) is 4.46. The monoisotopic (exact) mass is 259 g/mol. The molecule has 3 rings (SSSR count). The van der Waals surface area contributed by atoms with E-state index in [1.165, 1.54) is 19.3 Å². The van der Waals surface area contributed by atoms with Gasteiger partial charge in [-0.1, -0.05) is 36.8 Å². The van der Waals surface area contributed by atoms with Gasteiger partial charge in [0.1, 0.15) is 12.1 Å². The summed E-state index contributed by atoms with van der Waals surface area (Å²) in [5.74, 6) is 0.593. The highest BCUT2D eigenvalue weighted by atomic mass is 16.5. The van der Waals surface area contributed by atoms with E-state index in [2.05, 4.69) is 5.32 Å². The topological polar surface area (TPSA) is 38.3 Å². The Kier molecular flexibility index (Phi) is 3.56. The zero-order valence-corrected chi connectivity index (χ0v) is 11.3. The molecule has 1 heterocycles. The van der Waals surface area contributed by atoms with Crippen LogP contribution in [0.4, 0.5) is 0 Å². The SMILES string of the molecule is CC(OC(=O)C1CC2CCCC2N1)c1ccccc1. The average Bonchev–Trinajstić information content (AvgIpc) is 3.00. The molecule has 0 aromatic heterocycles. The highest BCUT2D eigenvalue weighted by Gasteiger charge is 2.40. The minimum absolute atomic E-state index is 0.0919. The molecule has 1 N–H and O–H groups in total. The van der Waals surface area contributed by atoms with E-state index in [1.54, 1.807) is 0 Å². The number of hydrogen-bond acceptors (Lipinski definition) is 3. The van der Waals surface area contributed by atoms with Gasteiger partial charge in [-0.05, 0) is 37.7 Å². The molecular weight excluding hydrogens is 238 g/mol. The standard InChI is InChI=1S/C16H21NO2/c1-11(12-6-3-2-4-7-12)19-16(18)15-10-13-8-5-9-14(13)17-15/h2-4,6-7,11,13-15,17H,5,8-10H2,1H3. The van der Waals surface area contributed by atoms with Crippen molar-refractivity contribution < 1.29 is 9.53 Å². The molecule has 0 radical (unpaired) electrons. The second-order valence-corrected chi connectivity index (χ2v) is 5.74. The molecule has 1 aliphatic heterocycles. The third kappa shape index (κ3) is 2.66. The van der Waals surface area contributed by atoms with Crippen LogP contribution in [0.25, 0.3) is 0 Å². The first kappa shape index (κ1) is 12.7. The minimum atomic E-state index is -0.170. The predicted molar refractivity (Wildman–Crippen MR) is 73.6 cm³/mol. The fourth-order valence-corrected chi connectivity index (χ4v) is 3.38. The predicted octanol–water partition coefficient (Wildman–Crippen LogP) is 2.82. The van der Waals surface area contributed by atoms with E-state index in [-0.39, 0.29) is 18.1 Å². The Bertz CT molecular complexity index is 433. The van der Waals surface area contributed by atoms with Gasteiger partial charge in [0.15, 0.2) is 0 Å². The van der Waals surface area contributed by atoms with Gasteiger partial charge in [-0.3, -0.25) is 4.79 Å². The summed E-state index contributed by atoms with van der Waals surface area (Å²) < 4.78 is 5.58. The number of fused-ring (bicyclic) bond motifs is 1. The van der Waals surface area contributed by atoms with Gasteiger partial charge in [-0.25, -0.2) is 0 Å². The summed E-state index contributed by atoms with van der Waals surface area (Å²) in [6, 6.07) is 10.3. The van der Waals surface area contributed by atoms with E-state index in [1.807, 2.05) is 37.3 Å². The van der Waals surface area contributed by atoms with Crippen LogP contribution in [0.2, 0.25) is 0 Å². The first-order chi connectivity index (χ1) is 9.24. The molecule has 0 bridgehead atoms. The molecule has 1 saturated heterocycles. The Morgan fingerprint density at radius 1 is 1.32 bits per heavy atom. The maximum absolute atomic E-state index is 12.2. The molecular formula is C16H21NO2. The summed E-state index contributed by atoms with van der Waals surface area (Å²) in [6.45, 7) is 1.93. The number of carbonyl (C=O) groups excluding carboxylic acids is 1. The summed E-state index contributed by atoms with van der Waals surface area (Å²) in [5.41, 5.74) is 1.05. The zero-order valence-electron chi connectivity index (χ0n) is 11.3. The molecule has 1 aromatic rings. The van der Waals surface area contributed by atoms with E-state index in [4.69, 9.17) is 4.74 Å². The van der Waals surface area contributed by atoms with E-state index < -0.39 is 0 Å². The summed E-state index contributed by atoms with van der Waals surface area (Å²) in [7, 11) is 0. The Hall–Kier alpha value is -1.35. The Labute approximate surface area is 114 Å². The van der Waals surface area contributed by atoms with Crippen LogP contribution >= 0.6 is 0 Å². The van der Waals surface area contributed by atoms with Crippen molar-refractivity contribution in [2.75, 3.05) is 0 Å². The summed E-state index contributed by atoms with van der Waals surface area (Å²) in [4.78, 5) is 12.2. The van der Waals surface area contributed by atoms with Crippen molar-refractivity contribution >= 4 is 5.97 Å². The van der Waals surface area contributed by atoms with Crippen molar-refractivity contribution in [3.05, 3.63) is 35.9 Å². The van der Waals surface area contributed by atoms with Gasteiger partial charge in [0, 0.05) is 6.04 Å². The van der Waals surface area contributed by atoms with Crippen LogP contribution in [-0.4, -0.2) is 18.1 Å². The number of hydrogen-bond donors (Lipinski definition) is 1. The number of carbonyl (C=O) groups is 1. The molecule has 3 heteroatoms. The smallest absolute Gasteiger partial charge is 0.323 e. The van der Waals surface area contributed by atoms with E-state index in [0.29, 0.717) is 12.0 Å². The molecule has 4 unspecified atom stereocenters. The van der Waals surface area contributed by atoms with Crippen molar-refractivity contribution in [3.8, 4) is 0 Å². The lowest BCUT2D eigenvalue weighted by molar-refractivity contribution is -0.150. The zero-order chi connectivity index (χ0) is 13.2. The quantitative estimate of drug-likeness (QED) is 0.848. The number of ether oxygens (including phenoxy) is 1. The van der Waals surface area contributed by atoms with Gasteiger partial charge in [0.25, 0.3) is 0 Å². The van der Waals surface area contributed by atoms with Crippen molar-refractivity contribution in [2.45, 2.75) is 50.8 Å². The first-order valence-corrected chi connectivity index (χ1v) is 7.25. The fraction of sp³-hybridized carbons (Fsp3) is 0.562. The maximum atomic E-state index is 12.2. The molecule has 19 heavy (non-hydrogen) atoms. The second kappa shape index (κ2) is 5.33. The number of esters is 1. The first-order valence-electron chi connectivity index (χ1n) is 7.25. The molecule has 0 amide bonds. The van der Waals surface area contributed by atoms with Gasteiger partial charge in [-0.2, -0.15) is 0 Å². The number of benzene rings is 1. The van der Waals surface area contributed by atoms with Gasteiger partial charge in [0.05, 0.1) is 0 Å². The molecule has 3 nitrogen and oxygen atoms in total. The lowest BCUT2D eigenvalue weighted by Crippen LogP contribution is -2.36. The molecule has 0 spiro atoms. The van der Waals surface area contributed by atoms with Crippen LogP contribution in [0.15, 0.2) is 30.3 Å². The Morgan fingerprint density at radius 3 is 2.84 bits per heavy atom. The van der Waals surface area contributed by atoms with Crippen LogP contribution in [-0.2, 0) is 9.53 Å². The Morgan fingerprint density at radius 2 is 2.11 bits per heavy atom. The van der Waals surface area contributed by atoms with Crippen molar-refractivity contribution in [2.24, 2.45) is 5.92 Å². The molecule has 1 aliphatic carbocycles. The lowest BCUT2D eigenvalue weighted by atomic mass is 10.0. The highest BCUT2D eigenvalue weighted by Crippen LogP contribution is 2.35. The minimum Gasteiger partial charge on any atom is -0.457 e. The maximum Gasteiger partial charge on any atom is 0.323 e. The summed E-state index contributed by atoms with van der Waals surface area (Å²) in [5, 5.41) is 3.43.